The number of aryl methyl sites for hydroxylation is 1. The normalized spacial score (nSPS) is 10.8. The molecule has 0 unspecified atom stereocenters. The van der Waals surface area contributed by atoms with Crippen molar-refractivity contribution in [1.82, 2.24) is 9.55 Å². The van der Waals surface area contributed by atoms with Crippen molar-refractivity contribution in [2.24, 2.45) is 7.05 Å². The monoisotopic (exact) mass is 550 g/mol. The number of benzene rings is 3. The Morgan fingerprint density at radius 1 is 1.06 bits per heavy atom. The number of nitrogens with zero attached hydrogens (tertiary/aromatic N) is 2. The van der Waals surface area contributed by atoms with Crippen molar-refractivity contribution in [1.29, 1.82) is 0 Å². The van der Waals surface area contributed by atoms with Crippen LogP contribution in [0.15, 0.2) is 59.1 Å². The van der Waals surface area contributed by atoms with Crippen molar-refractivity contribution in [3.8, 4) is 22.9 Å². The van der Waals surface area contributed by atoms with E-state index < -0.39 is 0 Å². The average molecular weight is 552 g/mol. The molecule has 4 rings (SSSR count). The van der Waals surface area contributed by atoms with E-state index in [9.17, 15) is 4.79 Å². The van der Waals surface area contributed by atoms with Crippen LogP contribution in [0.5, 0.6) is 11.5 Å². The van der Waals surface area contributed by atoms with Gasteiger partial charge in [-0.05, 0) is 52.5 Å². The molecular formula is C30H35BrN2O3. The number of methoxy groups -OCH3 is 1. The number of aromatic nitrogens is 2. The third-order valence-corrected chi connectivity index (χ3v) is 6.71. The average Bonchev–Trinajstić information content (AvgIpc) is 3.22. The Labute approximate surface area is 222 Å². The fourth-order valence-electron chi connectivity index (χ4n) is 3.95. The highest BCUT2D eigenvalue weighted by atomic mass is 79.9. The largest absolute Gasteiger partial charge is 0.494 e. The fourth-order valence-corrected chi connectivity index (χ4v) is 4.46. The van der Waals surface area contributed by atoms with Crippen molar-refractivity contribution in [3.63, 3.8) is 0 Å². The highest BCUT2D eigenvalue weighted by molar-refractivity contribution is 9.10. The second kappa shape index (κ2) is 12.2. The number of ether oxygens (including phenoxy) is 2. The van der Waals surface area contributed by atoms with Crippen LogP contribution in [0.3, 0.4) is 0 Å². The van der Waals surface area contributed by atoms with E-state index in [1.54, 1.807) is 19.2 Å². The first-order valence-electron chi connectivity index (χ1n) is 12.3. The Hall–Kier alpha value is -3.12. The first-order valence-corrected chi connectivity index (χ1v) is 13.1. The topological polar surface area (TPSA) is 53.4 Å². The zero-order valence-corrected chi connectivity index (χ0v) is 23.8. The number of ketones is 1. The number of rotatable bonds is 7. The molecule has 0 saturated carbocycles. The Morgan fingerprint density at radius 3 is 2.28 bits per heavy atom. The van der Waals surface area contributed by atoms with E-state index in [0.717, 1.165) is 32.5 Å². The summed E-state index contributed by atoms with van der Waals surface area (Å²) in [5.74, 6) is 2.58. The molecule has 5 nitrogen and oxygen atoms in total. The van der Waals surface area contributed by atoms with Crippen LogP contribution >= 0.6 is 15.9 Å². The zero-order valence-electron chi connectivity index (χ0n) is 22.2. The molecule has 0 atom stereocenters. The molecule has 0 saturated heterocycles. The SMILES string of the molecule is CCC.COc1cc(COc2ccccc2C(C)=O)c(Br)c2nc(-c3ccc(C(C)C)cc3)n(C)c12. The standard InChI is InChI=1S/C27H27BrN2O3.C3H8/c1-16(2)18-10-12-19(13-11-18)27-29-25-24(28)20(14-23(32-5)26(25)30(27)4)15-33-22-9-7-6-8-21(22)17(3)31;1-3-2/h6-14,16H,15H2,1-5H3;3H2,1-2H3. The third kappa shape index (κ3) is 5.81. The minimum absolute atomic E-state index is 0.0319. The minimum atomic E-state index is -0.0319. The van der Waals surface area contributed by atoms with E-state index in [1.165, 1.54) is 18.9 Å². The maximum absolute atomic E-state index is 11.9. The summed E-state index contributed by atoms with van der Waals surface area (Å²) in [7, 11) is 3.65. The predicted molar refractivity (Wildman–Crippen MR) is 151 cm³/mol. The summed E-state index contributed by atoms with van der Waals surface area (Å²) < 4.78 is 14.7. The molecule has 0 amide bonds. The van der Waals surface area contributed by atoms with Crippen molar-refractivity contribution >= 4 is 32.7 Å². The molecule has 3 aromatic carbocycles. The molecule has 0 spiro atoms. The number of imidazole rings is 1. The number of hydrogen-bond acceptors (Lipinski definition) is 4. The summed E-state index contributed by atoms with van der Waals surface area (Å²) in [6.07, 6.45) is 1.25. The van der Waals surface area contributed by atoms with E-state index in [-0.39, 0.29) is 12.4 Å². The lowest BCUT2D eigenvalue weighted by Gasteiger charge is -2.13. The van der Waals surface area contributed by atoms with Crippen molar-refractivity contribution in [2.75, 3.05) is 7.11 Å². The van der Waals surface area contributed by atoms with Gasteiger partial charge in [-0.3, -0.25) is 4.79 Å². The molecule has 1 aromatic heterocycles. The second-order valence-corrected chi connectivity index (χ2v) is 9.86. The molecule has 6 heteroatoms. The summed E-state index contributed by atoms with van der Waals surface area (Å²) in [6.45, 7) is 10.4. The number of Topliss-reactive ketones (excluding diaryl/α,β-unsaturated/α-hetero) is 1. The maximum Gasteiger partial charge on any atom is 0.163 e. The van der Waals surface area contributed by atoms with Gasteiger partial charge in [0, 0.05) is 18.2 Å². The summed E-state index contributed by atoms with van der Waals surface area (Å²) in [4.78, 5) is 16.9. The number of carbonyl (C=O) groups is 1. The van der Waals surface area contributed by atoms with Crippen LogP contribution in [0.1, 0.15) is 68.4 Å². The van der Waals surface area contributed by atoms with Crippen molar-refractivity contribution in [3.05, 3.63) is 75.8 Å². The van der Waals surface area contributed by atoms with Gasteiger partial charge >= 0.3 is 0 Å². The molecule has 4 aromatic rings. The quantitative estimate of drug-likeness (QED) is 0.217. The molecule has 0 fully saturated rings. The van der Waals surface area contributed by atoms with Gasteiger partial charge in [0.2, 0.25) is 0 Å². The number of para-hydroxylation sites is 1. The molecule has 0 aliphatic heterocycles. The van der Waals surface area contributed by atoms with Gasteiger partial charge in [-0.1, -0.05) is 70.5 Å². The van der Waals surface area contributed by atoms with Gasteiger partial charge in [0.15, 0.2) is 5.78 Å². The molecule has 0 radical (unpaired) electrons. The number of hydrogen-bond donors (Lipinski definition) is 0. The first kappa shape index (κ1) is 27.5. The molecule has 36 heavy (non-hydrogen) atoms. The Balaban J connectivity index is 0.00000115. The Bertz CT molecular complexity index is 1340. The molecule has 1 heterocycles. The van der Waals surface area contributed by atoms with E-state index in [4.69, 9.17) is 14.5 Å². The maximum atomic E-state index is 11.9. The highest BCUT2D eigenvalue weighted by Gasteiger charge is 2.20. The van der Waals surface area contributed by atoms with Crippen LogP contribution < -0.4 is 9.47 Å². The third-order valence-electron chi connectivity index (χ3n) is 5.83. The molecule has 0 aliphatic carbocycles. The van der Waals surface area contributed by atoms with Crippen LogP contribution in [0, 0.1) is 0 Å². The van der Waals surface area contributed by atoms with Crippen LogP contribution in [0.25, 0.3) is 22.4 Å². The molecule has 0 aliphatic rings. The van der Waals surface area contributed by atoms with Gasteiger partial charge in [0.05, 0.1) is 17.1 Å². The predicted octanol–water partition coefficient (Wildman–Crippen LogP) is 8.33. The smallest absolute Gasteiger partial charge is 0.163 e. The lowest BCUT2D eigenvalue weighted by atomic mass is 10.0. The van der Waals surface area contributed by atoms with E-state index >= 15 is 0 Å². The number of fused-ring (bicyclic) bond motifs is 1. The van der Waals surface area contributed by atoms with E-state index in [1.807, 2.05) is 25.2 Å². The summed E-state index contributed by atoms with van der Waals surface area (Å²) >= 11 is 3.74. The Morgan fingerprint density at radius 2 is 1.69 bits per heavy atom. The highest BCUT2D eigenvalue weighted by Crippen LogP contribution is 2.38. The summed E-state index contributed by atoms with van der Waals surface area (Å²) in [5, 5.41) is 0. The van der Waals surface area contributed by atoms with Crippen LogP contribution in [-0.4, -0.2) is 22.4 Å². The van der Waals surface area contributed by atoms with Crippen LogP contribution in [0.4, 0.5) is 0 Å². The molecule has 0 N–H and O–H groups in total. The first-order chi connectivity index (χ1) is 17.2. The Kier molecular flexibility index (Phi) is 9.32. The van der Waals surface area contributed by atoms with Crippen LogP contribution in [-0.2, 0) is 13.7 Å². The number of halogens is 1. The van der Waals surface area contributed by atoms with Crippen LogP contribution in [0.2, 0.25) is 0 Å². The lowest BCUT2D eigenvalue weighted by Crippen LogP contribution is -2.03. The summed E-state index contributed by atoms with van der Waals surface area (Å²) in [5.41, 5.74) is 5.49. The van der Waals surface area contributed by atoms with E-state index in [2.05, 4.69) is 72.5 Å². The van der Waals surface area contributed by atoms with Gasteiger partial charge in [-0.15, -0.1) is 0 Å². The summed E-state index contributed by atoms with van der Waals surface area (Å²) in [6, 6.07) is 17.7. The molecule has 0 bridgehead atoms. The molecular weight excluding hydrogens is 516 g/mol. The van der Waals surface area contributed by atoms with Gasteiger partial charge in [0.1, 0.15) is 35.0 Å². The van der Waals surface area contributed by atoms with Gasteiger partial charge < -0.3 is 14.0 Å². The second-order valence-electron chi connectivity index (χ2n) is 9.07. The van der Waals surface area contributed by atoms with Crippen molar-refractivity contribution in [2.45, 2.75) is 53.6 Å². The van der Waals surface area contributed by atoms with Gasteiger partial charge in [-0.2, -0.15) is 0 Å². The number of carbonyl (C=O) groups excluding carboxylic acids is 1. The fraction of sp³-hybridized carbons (Fsp3) is 0.333. The van der Waals surface area contributed by atoms with Gasteiger partial charge in [0.25, 0.3) is 0 Å². The lowest BCUT2D eigenvalue weighted by molar-refractivity contribution is 0.101. The minimum Gasteiger partial charge on any atom is -0.494 e. The van der Waals surface area contributed by atoms with Gasteiger partial charge in [-0.25, -0.2) is 4.98 Å². The molecule has 190 valence electrons. The zero-order chi connectivity index (χ0) is 26.4. The van der Waals surface area contributed by atoms with E-state index in [0.29, 0.717) is 23.0 Å². The van der Waals surface area contributed by atoms with Crippen molar-refractivity contribution < 1.29 is 14.3 Å².